The molecule has 0 bridgehead atoms. The number of nitrogens with zero attached hydrogens (tertiary/aromatic N) is 2. The van der Waals surface area contributed by atoms with Gasteiger partial charge in [0, 0.05) is 38.3 Å². The molecule has 2 N–H and O–H groups in total. The molecule has 6 heteroatoms. The van der Waals surface area contributed by atoms with Gasteiger partial charge in [-0.2, -0.15) is 0 Å². The van der Waals surface area contributed by atoms with E-state index in [0.29, 0.717) is 24.9 Å². The second-order valence-electron chi connectivity index (χ2n) is 6.42. The highest BCUT2D eigenvalue weighted by Gasteiger charge is 2.21. The molecule has 5 nitrogen and oxygen atoms in total. The summed E-state index contributed by atoms with van der Waals surface area (Å²) in [5.41, 5.74) is 2.16. The number of amides is 1. The quantitative estimate of drug-likeness (QED) is 0.417. The van der Waals surface area contributed by atoms with Crippen molar-refractivity contribution in [3.63, 3.8) is 0 Å². The number of carbonyl (C=O) groups is 1. The first-order valence-corrected chi connectivity index (χ1v) is 8.37. The summed E-state index contributed by atoms with van der Waals surface area (Å²) in [5, 5.41) is 6.71. The molecule has 0 spiro atoms. The zero-order valence-electron chi connectivity index (χ0n) is 15.0. The van der Waals surface area contributed by atoms with Gasteiger partial charge in [-0.3, -0.25) is 9.79 Å². The molecule has 1 aliphatic rings. The maximum Gasteiger partial charge on any atom is 0.227 e. The smallest absolute Gasteiger partial charge is 0.227 e. The number of hydrogen-bond donors (Lipinski definition) is 2. The molecule has 24 heavy (non-hydrogen) atoms. The monoisotopic (exact) mass is 444 g/mol. The highest BCUT2D eigenvalue weighted by Crippen LogP contribution is 2.21. The van der Waals surface area contributed by atoms with Crippen LogP contribution in [-0.4, -0.2) is 31.5 Å². The number of hydrogen-bond acceptors (Lipinski definition) is 2. The van der Waals surface area contributed by atoms with Crippen LogP contribution in [0, 0.1) is 5.92 Å². The van der Waals surface area contributed by atoms with E-state index in [0.717, 1.165) is 24.6 Å². The van der Waals surface area contributed by atoms with Crippen LogP contribution in [-0.2, 0) is 11.3 Å². The van der Waals surface area contributed by atoms with Crippen LogP contribution < -0.4 is 15.5 Å². The molecular weight excluding hydrogens is 415 g/mol. The maximum absolute atomic E-state index is 11.8. The minimum absolute atomic E-state index is 0. The number of guanidine groups is 1. The van der Waals surface area contributed by atoms with Gasteiger partial charge in [-0.25, -0.2) is 0 Å². The molecule has 1 atom stereocenters. The molecule has 2 rings (SSSR count). The first-order chi connectivity index (χ1) is 11.0. The van der Waals surface area contributed by atoms with Gasteiger partial charge in [-0.1, -0.05) is 26.0 Å². The van der Waals surface area contributed by atoms with Crippen molar-refractivity contribution in [1.82, 2.24) is 10.6 Å². The Hall–Kier alpha value is -1.31. The standard InChI is InChI=1S/C18H28N4O.HI/c1-13(2)14(3)21-18(19-4)20-12-15-7-9-16(10-8-15)22-11-5-6-17(22)23;/h7-10,13-14H,5-6,11-12H2,1-4H3,(H2,19,20,21);1H. The van der Waals surface area contributed by atoms with Gasteiger partial charge < -0.3 is 15.5 Å². The molecular formula is C18H29IN4O. The molecule has 0 aliphatic carbocycles. The van der Waals surface area contributed by atoms with E-state index >= 15 is 0 Å². The normalized spacial score (nSPS) is 16.1. The Morgan fingerprint density at radius 1 is 1.25 bits per heavy atom. The van der Waals surface area contributed by atoms with Gasteiger partial charge in [-0.15, -0.1) is 24.0 Å². The number of carbonyl (C=O) groups excluding carboxylic acids is 1. The highest BCUT2D eigenvalue weighted by atomic mass is 127. The molecule has 134 valence electrons. The summed E-state index contributed by atoms with van der Waals surface area (Å²) < 4.78 is 0. The van der Waals surface area contributed by atoms with Crippen molar-refractivity contribution in [2.75, 3.05) is 18.5 Å². The third-order valence-corrected chi connectivity index (χ3v) is 4.37. The summed E-state index contributed by atoms with van der Waals surface area (Å²) in [5.74, 6) is 1.58. The van der Waals surface area contributed by atoms with Gasteiger partial charge in [0.15, 0.2) is 5.96 Å². The minimum atomic E-state index is 0. The lowest BCUT2D eigenvalue weighted by atomic mass is 10.1. The zero-order valence-corrected chi connectivity index (χ0v) is 17.3. The Kier molecular flexibility index (Phi) is 8.52. The average Bonchev–Trinajstić information content (AvgIpc) is 2.97. The molecule has 1 heterocycles. The van der Waals surface area contributed by atoms with E-state index in [1.165, 1.54) is 5.56 Å². The Balaban J connectivity index is 0.00000288. The average molecular weight is 444 g/mol. The topological polar surface area (TPSA) is 56.7 Å². The molecule has 1 amide bonds. The van der Waals surface area contributed by atoms with Crippen LogP contribution in [0.15, 0.2) is 29.3 Å². The van der Waals surface area contributed by atoms with Crippen LogP contribution in [0.5, 0.6) is 0 Å². The van der Waals surface area contributed by atoms with Crippen LogP contribution in [0.1, 0.15) is 39.2 Å². The summed E-state index contributed by atoms with van der Waals surface area (Å²) in [6, 6.07) is 8.53. The van der Waals surface area contributed by atoms with E-state index in [1.54, 1.807) is 7.05 Å². The van der Waals surface area contributed by atoms with Crippen molar-refractivity contribution >= 4 is 41.5 Å². The largest absolute Gasteiger partial charge is 0.354 e. The van der Waals surface area contributed by atoms with E-state index in [1.807, 2.05) is 17.0 Å². The van der Waals surface area contributed by atoms with Crippen molar-refractivity contribution in [2.24, 2.45) is 10.9 Å². The fourth-order valence-electron chi connectivity index (χ4n) is 2.48. The van der Waals surface area contributed by atoms with Gasteiger partial charge in [0.2, 0.25) is 5.91 Å². The summed E-state index contributed by atoms with van der Waals surface area (Å²) >= 11 is 0. The Morgan fingerprint density at radius 2 is 1.92 bits per heavy atom. The predicted molar refractivity (Wildman–Crippen MR) is 111 cm³/mol. The highest BCUT2D eigenvalue weighted by molar-refractivity contribution is 14.0. The number of aliphatic imine (C=N–C) groups is 1. The van der Waals surface area contributed by atoms with Crippen molar-refractivity contribution < 1.29 is 4.79 Å². The van der Waals surface area contributed by atoms with Crippen LogP contribution in [0.2, 0.25) is 0 Å². The third-order valence-electron chi connectivity index (χ3n) is 4.37. The maximum atomic E-state index is 11.8. The van der Waals surface area contributed by atoms with Crippen molar-refractivity contribution in [3.8, 4) is 0 Å². The molecule has 0 saturated carbocycles. The second kappa shape index (κ2) is 9.86. The fourth-order valence-corrected chi connectivity index (χ4v) is 2.48. The second-order valence-corrected chi connectivity index (χ2v) is 6.42. The minimum Gasteiger partial charge on any atom is -0.354 e. The number of rotatable bonds is 5. The van der Waals surface area contributed by atoms with Crippen molar-refractivity contribution in [1.29, 1.82) is 0 Å². The summed E-state index contributed by atoms with van der Waals surface area (Å²) in [6.45, 7) is 8.06. The Morgan fingerprint density at radius 3 is 2.42 bits per heavy atom. The van der Waals surface area contributed by atoms with Crippen molar-refractivity contribution in [3.05, 3.63) is 29.8 Å². The summed E-state index contributed by atoms with van der Waals surface area (Å²) in [7, 11) is 1.78. The van der Waals surface area contributed by atoms with Gasteiger partial charge >= 0.3 is 0 Å². The summed E-state index contributed by atoms with van der Waals surface area (Å²) in [4.78, 5) is 17.9. The van der Waals surface area contributed by atoms with Crippen molar-refractivity contribution in [2.45, 2.75) is 46.2 Å². The van der Waals surface area contributed by atoms with E-state index in [9.17, 15) is 4.79 Å². The van der Waals surface area contributed by atoms with Crippen LogP contribution in [0.3, 0.4) is 0 Å². The number of benzene rings is 1. The molecule has 1 aromatic rings. The Labute approximate surface area is 162 Å². The SMILES string of the molecule is CN=C(NCc1ccc(N2CCCC2=O)cc1)NC(C)C(C)C.I. The number of nitrogens with one attached hydrogen (secondary N) is 2. The molecule has 1 aliphatic heterocycles. The zero-order chi connectivity index (χ0) is 16.8. The lowest BCUT2D eigenvalue weighted by Crippen LogP contribution is -2.43. The number of anilines is 1. The van der Waals surface area contributed by atoms with E-state index in [4.69, 9.17) is 0 Å². The first-order valence-electron chi connectivity index (χ1n) is 8.37. The molecule has 0 radical (unpaired) electrons. The fraction of sp³-hybridized carbons (Fsp3) is 0.556. The van der Waals surface area contributed by atoms with Gasteiger partial charge in [0.25, 0.3) is 0 Å². The number of halogens is 1. The molecule has 1 aromatic carbocycles. The van der Waals surface area contributed by atoms with Gasteiger partial charge in [0.05, 0.1) is 0 Å². The third kappa shape index (κ3) is 5.65. The predicted octanol–water partition coefficient (Wildman–Crippen LogP) is 3.14. The van der Waals surface area contributed by atoms with Crippen LogP contribution in [0.4, 0.5) is 5.69 Å². The van der Waals surface area contributed by atoms with E-state index in [-0.39, 0.29) is 29.9 Å². The molecule has 1 fully saturated rings. The molecule has 0 aromatic heterocycles. The molecule has 1 saturated heterocycles. The van der Waals surface area contributed by atoms with Crippen LogP contribution in [0.25, 0.3) is 0 Å². The Bertz CT molecular complexity index is 557. The lowest BCUT2D eigenvalue weighted by molar-refractivity contribution is -0.117. The first kappa shape index (κ1) is 20.7. The lowest BCUT2D eigenvalue weighted by Gasteiger charge is -2.21. The van der Waals surface area contributed by atoms with Gasteiger partial charge in [0.1, 0.15) is 0 Å². The van der Waals surface area contributed by atoms with E-state index < -0.39 is 0 Å². The summed E-state index contributed by atoms with van der Waals surface area (Å²) in [6.07, 6.45) is 1.62. The van der Waals surface area contributed by atoms with E-state index in [2.05, 4.69) is 48.5 Å². The molecule has 1 unspecified atom stereocenters. The van der Waals surface area contributed by atoms with Crippen LogP contribution >= 0.6 is 24.0 Å². The van der Waals surface area contributed by atoms with Gasteiger partial charge in [-0.05, 0) is 37.0 Å².